The van der Waals surface area contributed by atoms with Crippen LogP contribution >= 0.6 is 0 Å². The van der Waals surface area contributed by atoms with E-state index in [0.717, 1.165) is 15.6 Å². The maximum Gasteiger partial charge on any atom is 0.276 e. The van der Waals surface area contributed by atoms with Gasteiger partial charge in [0.2, 0.25) is 10.0 Å². The predicted molar refractivity (Wildman–Crippen MR) is 104 cm³/mol. The van der Waals surface area contributed by atoms with Crippen LogP contribution in [-0.2, 0) is 10.0 Å². The van der Waals surface area contributed by atoms with E-state index in [2.05, 4.69) is 10.4 Å². The Balaban J connectivity index is 1.86. The topological polar surface area (TPSA) is 84.3 Å². The lowest BCUT2D eigenvalue weighted by atomic mass is 10.2. The lowest BCUT2D eigenvalue weighted by Crippen LogP contribution is -2.22. The van der Waals surface area contributed by atoms with Crippen molar-refractivity contribution < 1.29 is 13.2 Å². The molecule has 3 rings (SSSR count). The highest BCUT2D eigenvalue weighted by Crippen LogP contribution is 2.22. The Bertz CT molecular complexity index is 1070. The maximum atomic E-state index is 12.6. The second-order valence-electron chi connectivity index (χ2n) is 6.20. The van der Waals surface area contributed by atoms with Crippen LogP contribution in [-0.4, -0.2) is 42.5 Å². The van der Waals surface area contributed by atoms with Crippen LogP contribution < -0.4 is 5.32 Å². The van der Waals surface area contributed by atoms with Crippen molar-refractivity contribution in [1.29, 1.82) is 0 Å². The van der Waals surface area contributed by atoms with Gasteiger partial charge in [0.1, 0.15) is 0 Å². The van der Waals surface area contributed by atoms with Gasteiger partial charge in [0.05, 0.1) is 10.6 Å². The number of hydrogen-bond donors (Lipinski definition) is 1. The Kier molecular flexibility index (Phi) is 5.11. The van der Waals surface area contributed by atoms with Gasteiger partial charge in [-0.3, -0.25) is 4.79 Å². The van der Waals surface area contributed by atoms with E-state index >= 15 is 0 Å². The third-order valence-electron chi connectivity index (χ3n) is 4.08. The Morgan fingerprint density at radius 1 is 1.07 bits per heavy atom. The smallest absolute Gasteiger partial charge is 0.276 e. The van der Waals surface area contributed by atoms with Crippen LogP contribution in [0.25, 0.3) is 5.69 Å². The van der Waals surface area contributed by atoms with Gasteiger partial charge in [-0.1, -0.05) is 24.3 Å². The van der Waals surface area contributed by atoms with Crippen molar-refractivity contribution in [3.05, 3.63) is 72.1 Å². The number of anilines is 1. The summed E-state index contributed by atoms with van der Waals surface area (Å²) < 4.78 is 27.4. The minimum atomic E-state index is -3.59. The second kappa shape index (κ2) is 7.34. The third kappa shape index (κ3) is 3.91. The number of sulfonamides is 1. The average molecular weight is 384 g/mol. The number of nitrogens with zero attached hydrogens (tertiary/aromatic N) is 3. The number of hydrogen-bond acceptors (Lipinski definition) is 4. The molecule has 0 aliphatic carbocycles. The molecule has 0 fully saturated rings. The van der Waals surface area contributed by atoms with Gasteiger partial charge in [-0.15, -0.1) is 0 Å². The second-order valence-corrected chi connectivity index (χ2v) is 8.35. The highest BCUT2D eigenvalue weighted by Gasteiger charge is 2.19. The minimum Gasteiger partial charge on any atom is -0.320 e. The summed E-state index contributed by atoms with van der Waals surface area (Å²) in [5.41, 5.74) is 2.26. The quantitative estimate of drug-likeness (QED) is 0.733. The van der Waals surface area contributed by atoms with E-state index in [-0.39, 0.29) is 10.6 Å². The summed E-state index contributed by atoms with van der Waals surface area (Å²) in [6.45, 7) is 1.80. The van der Waals surface area contributed by atoms with Crippen LogP contribution in [0.5, 0.6) is 0 Å². The molecular weight excluding hydrogens is 364 g/mol. The van der Waals surface area contributed by atoms with Crippen LogP contribution in [0.3, 0.4) is 0 Å². The van der Waals surface area contributed by atoms with Crippen LogP contribution in [0.4, 0.5) is 5.69 Å². The Labute approximate surface area is 158 Å². The number of aryl methyl sites for hydroxylation is 1. The zero-order valence-electron chi connectivity index (χ0n) is 15.2. The van der Waals surface area contributed by atoms with E-state index in [4.69, 9.17) is 0 Å². The van der Waals surface area contributed by atoms with Crippen LogP contribution in [0.15, 0.2) is 65.7 Å². The molecule has 0 bridgehead atoms. The number of nitrogens with one attached hydrogen (secondary N) is 1. The van der Waals surface area contributed by atoms with Crippen molar-refractivity contribution in [2.24, 2.45) is 0 Å². The van der Waals surface area contributed by atoms with Crippen molar-refractivity contribution in [2.75, 3.05) is 19.4 Å². The molecule has 2 aromatic carbocycles. The Morgan fingerprint density at radius 2 is 1.78 bits per heavy atom. The Hall–Kier alpha value is -2.97. The monoisotopic (exact) mass is 384 g/mol. The molecular formula is C19H20N4O3S. The average Bonchev–Trinajstić information content (AvgIpc) is 3.14. The molecule has 1 N–H and O–H groups in total. The van der Waals surface area contributed by atoms with E-state index in [1.54, 1.807) is 29.9 Å². The summed E-state index contributed by atoms with van der Waals surface area (Å²) in [5, 5.41) is 7.03. The van der Waals surface area contributed by atoms with Gasteiger partial charge in [-0.25, -0.2) is 17.4 Å². The molecule has 0 radical (unpaired) electrons. The molecule has 0 saturated carbocycles. The zero-order chi connectivity index (χ0) is 19.6. The zero-order valence-corrected chi connectivity index (χ0v) is 16.1. The number of benzene rings is 2. The predicted octanol–water partition coefficient (Wildman–Crippen LogP) is 2.68. The van der Waals surface area contributed by atoms with Gasteiger partial charge in [0.25, 0.3) is 5.91 Å². The summed E-state index contributed by atoms with van der Waals surface area (Å²) in [7, 11) is -0.662. The molecule has 3 aromatic rings. The summed E-state index contributed by atoms with van der Waals surface area (Å²) in [6.07, 6.45) is 1.70. The minimum absolute atomic E-state index is 0.114. The first kappa shape index (κ1) is 18.8. The lowest BCUT2D eigenvalue weighted by molar-refractivity contribution is 0.102. The fraction of sp³-hybridized carbons (Fsp3) is 0.158. The van der Waals surface area contributed by atoms with Gasteiger partial charge < -0.3 is 5.32 Å². The highest BCUT2D eigenvalue weighted by atomic mass is 32.2. The number of carbonyl (C=O) groups excluding carboxylic acids is 1. The molecule has 1 amide bonds. The van der Waals surface area contributed by atoms with Gasteiger partial charge in [-0.2, -0.15) is 5.10 Å². The number of aromatic nitrogens is 2. The van der Waals surface area contributed by atoms with Crippen molar-refractivity contribution in [2.45, 2.75) is 11.8 Å². The number of amides is 1. The normalized spacial score (nSPS) is 11.6. The SMILES string of the molecule is Cc1ccc(S(=O)(=O)N(C)C)cc1NC(=O)c1ccn(-c2ccccc2)n1. The molecule has 0 aliphatic rings. The van der Waals surface area contributed by atoms with Crippen molar-refractivity contribution in [1.82, 2.24) is 14.1 Å². The largest absolute Gasteiger partial charge is 0.320 e. The van der Waals surface area contributed by atoms with Gasteiger partial charge in [0.15, 0.2) is 5.69 Å². The van der Waals surface area contributed by atoms with Gasteiger partial charge in [0, 0.05) is 26.0 Å². The number of carbonyl (C=O) groups is 1. The molecule has 0 unspecified atom stereocenters. The van der Waals surface area contributed by atoms with Gasteiger partial charge >= 0.3 is 0 Å². The number of rotatable bonds is 5. The fourth-order valence-corrected chi connectivity index (χ4v) is 3.39. The molecule has 1 aromatic heterocycles. The lowest BCUT2D eigenvalue weighted by Gasteiger charge is -2.14. The van der Waals surface area contributed by atoms with E-state index in [1.807, 2.05) is 30.3 Å². The van der Waals surface area contributed by atoms with E-state index in [0.29, 0.717) is 5.69 Å². The molecule has 0 spiro atoms. The molecule has 27 heavy (non-hydrogen) atoms. The molecule has 0 saturated heterocycles. The highest BCUT2D eigenvalue weighted by molar-refractivity contribution is 7.89. The van der Waals surface area contributed by atoms with Crippen molar-refractivity contribution in [3.63, 3.8) is 0 Å². The summed E-state index contributed by atoms with van der Waals surface area (Å²) >= 11 is 0. The van der Waals surface area contributed by atoms with E-state index < -0.39 is 15.9 Å². The van der Waals surface area contributed by atoms with Crippen LogP contribution in [0, 0.1) is 6.92 Å². The molecule has 0 atom stereocenters. The molecule has 8 heteroatoms. The van der Waals surface area contributed by atoms with Crippen LogP contribution in [0.2, 0.25) is 0 Å². The van der Waals surface area contributed by atoms with E-state index in [1.165, 1.54) is 26.2 Å². The summed E-state index contributed by atoms with van der Waals surface area (Å²) in [5.74, 6) is -0.410. The Morgan fingerprint density at radius 3 is 2.44 bits per heavy atom. The molecule has 7 nitrogen and oxygen atoms in total. The molecule has 140 valence electrons. The summed E-state index contributed by atoms with van der Waals surface area (Å²) in [4.78, 5) is 12.7. The van der Waals surface area contributed by atoms with Gasteiger partial charge in [-0.05, 0) is 42.8 Å². The van der Waals surface area contributed by atoms with Crippen LogP contribution in [0.1, 0.15) is 16.1 Å². The molecule has 1 heterocycles. The van der Waals surface area contributed by atoms with Crippen molar-refractivity contribution >= 4 is 21.6 Å². The first-order valence-corrected chi connectivity index (χ1v) is 9.68. The standard InChI is InChI=1S/C19H20N4O3S/c1-14-9-10-16(27(25,26)22(2)3)13-18(14)20-19(24)17-11-12-23(21-17)15-7-5-4-6-8-15/h4-13H,1-3H3,(H,20,24). The fourth-order valence-electron chi connectivity index (χ4n) is 2.46. The molecule has 0 aliphatic heterocycles. The summed E-state index contributed by atoms with van der Waals surface area (Å²) in [6, 6.07) is 15.7. The first-order valence-electron chi connectivity index (χ1n) is 8.24. The van der Waals surface area contributed by atoms with E-state index in [9.17, 15) is 13.2 Å². The number of para-hydroxylation sites is 1. The first-order chi connectivity index (χ1) is 12.8. The maximum absolute atomic E-state index is 12.6. The van der Waals surface area contributed by atoms with Crippen molar-refractivity contribution in [3.8, 4) is 5.69 Å². The third-order valence-corrected chi connectivity index (χ3v) is 5.89.